The Morgan fingerprint density at radius 1 is 1.16 bits per heavy atom. The molecule has 4 heterocycles. The molecule has 128 valence electrons. The molecule has 0 bridgehead atoms. The van der Waals surface area contributed by atoms with Gasteiger partial charge >= 0.3 is 5.69 Å². The third-order valence-electron chi connectivity index (χ3n) is 5.50. The molecule has 2 fully saturated rings. The van der Waals surface area contributed by atoms with Crippen LogP contribution in [0.5, 0.6) is 0 Å². The van der Waals surface area contributed by atoms with Crippen molar-refractivity contribution in [3.63, 3.8) is 0 Å². The summed E-state index contributed by atoms with van der Waals surface area (Å²) in [6, 6.07) is 1.91. The first kappa shape index (κ1) is 14.4. The summed E-state index contributed by atoms with van der Waals surface area (Å²) in [6.45, 7) is 2.05. The molecule has 2 atom stereocenters. The molecular formula is C17H18N6O2. The molecule has 5 rings (SSSR count). The minimum absolute atomic E-state index is 0.343. The summed E-state index contributed by atoms with van der Waals surface area (Å²) in [4.78, 5) is 35.0. The summed E-state index contributed by atoms with van der Waals surface area (Å²) in [5.41, 5.74) is 1.69. The van der Waals surface area contributed by atoms with Gasteiger partial charge in [-0.05, 0) is 30.7 Å². The Kier molecular flexibility index (Phi) is 3.06. The van der Waals surface area contributed by atoms with E-state index in [4.69, 9.17) is 0 Å². The molecule has 2 unspecified atom stereocenters. The lowest BCUT2D eigenvalue weighted by Crippen LogP contribution is -2.24. The van der Waals surface area contributed by atoms with Gasteiger partial charge < -0.3 is 9.88 Å². The predicted octanol–water partition coefficient (Wildman–Crippen LogP) is 1.01. The minimum Gasteiger partial charge on any atom is -0.368 e. The summed E-state index contributed by atoms with van der Waals surface area (Å²) < 4.78 is 1.70. The Morgan fingerprint density at radius 2 is 1.96 bits per heavy atom. The molecule has 3 aromatic heterocycles. The maximum atomic E-state index is 12.2. The van der Waals surface area contributed by atoms with E-state index in [-0.39, 0.29) is 0 Å². The smallest absolute Gasteiger partial charge is 0.325 e. The summed E-state index contributed by atoms with van der Waals surface area (Å²) in [5.74, 6) is 1.51. The Balaban J connectivity index is 1.64. The minimum atomic E-state index is -0.523. The van der Waals surface area contributed by atoms with Crippen molar-refractivity contribution in [3.8, 4) is 11.3 Å². The number of nitrogens with zero attached hydrogens (tertiary/aromatic N) is 4. The zero-order valence-corrected chi connectivity index (χ0v) is 13.6. The average molecular weight is 338 g/mol. The van der Waals surface area contributed by atoms with Crippen LogP contribution >= 0.6 is 0 Å². The van der Waals surface area contributed by atoms with Crippen LogP contribution < -0.4 is 16.1 Å². The van der Waals surface area contributed by atoms with Crippen molar-refractivity contribution in [1.29, 1.82) is 0 Å². The van der Waals surface area contributed by atoms with Crippen molar-refractivity contribution < 1.29 is 0 Å². The first-order valence-electron chi connectivity index (χ1n) is 8.61. The van der Waals surface area contributed by atoms with E-state index < -0.39 is 11.2 Å². The zero-order chi connectivity index (χ0) is 17.0. The molecule has 8 nitrogen and oxygen atoms in total. The van der Waals surface area contributed by atoms with Crippen molar-refractivity contribution in [2.24, 2.45) is 11.8 Å². The van der Waals surface area contributed by atoms with E-state index in [0.717, 1.165) is 36.3 Å². The number of imidazole rings is 1. The SMILES string of the molecule is O=c1[nH]cc(-c2cc(N3CC4CCCC4C3)c3nccn3n2)c(=O)[nH]1. The van der Waals surface area contributed by atoms with Gasteiger partial charge in [-0.3, -0.25) is 9.78 Å². The normalized spacial score (nSPS) is 22.6. The number of hydrogen-bond acceptors (Lipinski definition) is 5. The summed E-state index contributed by atoms with van der Waals surface area (Å²) >= 11 is 0. The fraction of sp³-hybridized carbons (Fsp3) is 0.412. The van der Waals surface area contributed by atoms with Crippen molar-refractivity contribution in [2.75, 3.05) is 18.0 Å². The Morgan fingerprint density at radius 3 is 2.72 bits per heavy atom. The first-order chi connectivity index (χ1) is 12.2. The van der Waals surface area contributed by atoms with Crippen molar-refractivity contribution >= 4 is 11.3 Å². The predicted molar refractivity (Wildman–Crippen MR) is 92.7 cm³/mol. The Labute approximate surface area is 142 Å². The number of aromatic nitrogens is 5. The quantitative estimate of drug-likeness (QED) is 0.726. The van der Waals surface area contributed by atoms with Gasteiger partial charge in [0, 0.05) is 31.7 Å². The lowest BCUT2D eigenvalue weighted by atomic mass is 10.0. The summed E-state index contributed by atoms with van der Waals surface area (Å²) in [5, 5.41) is 4.49. The highest BCUT2D eigenvalue weighted by atomic mass is 16.2. The van der Waals surface area contributed by atoms with Crippen LogP contribution in [0.4, 0.5) is 5.69 Å². The third-order valence-corrected chi connectivity index (χ3v) is 5.50. The maximum Gasteiger partial charge on any atom is 0.325 e. The van der Waals surface area contributed by atoms with E-state index in [2.05, 4.69) is 25.0 Å². The molecule has 25 heavy (non-hydrogen) atoms. The summed E-state index contributed by atoms with van der Waals surface area (Å²) in [6.07, 6.45) is 8.82. The highest BCUT2D eigenvalue weighted by Gasteiger charge is 2.37. The van der Waals surface area contributed by atoms with E-state index in [1.54, 1.807) is 16.9 Å². The van der Waals surface area contributed by atoms with E-state index in [1.807, 2.05) is 6.07 Å². The van der Waals surface area contributed by atoms with E-state index in [9.17, 15) is 9.59 Å². The average Bonchev–Trinajstić information content (AvgIpc) is 3.29. The second kappa shape index (κ2) is 5.30. The van der Waals surface area contributed by atoms with Gasteiger partial charge in [0.05, 0.1) is 11.3 Å². The topological polar surface area (TPSA) is 99.2 Å². The molecule has 1 saturated heterocycles. The van der Waals surface area contributed by atoms with Gasteiger partial charge in [0.1, 0.15) is 5.69 Å². The van der Waals surface area contributed by atoms with Crippen LogP contribution in [0.25, 0.3) is 16.9 Å². The number of fused-ring (bicyclic) bond motifs is 2. The monoisotopic (exact) mass is 338 g/mol. The Hall–Kier alpha value is -2.90. The van der Waals surface area contributed by atoms with Crippen LogP contribution in [-0.4, -0.2) is 37.7 Å². The number of rotatable bonds is 2. The van der Waals surface area contributed by atoms with Crippen molar-refractivity contribution in [1.82, 2.24) is 24.6 Å². The molecule has 1 aliphatic heterocycles. The lowest BCUT2D eigenvalue weighted by Gasteiger charge is -2.20. The van der Waals surface area contributed by atoms with E-state index in [1.165, 1.54) is 25.5 Å². The molecule has 0 spiro atoms. The molecule has 8 heteroatoms. The number of anilines is 1. The third kappa shape index (κ3) is 2.28. The molecule has 1 aliphatic carbocycles. The second-order valence-corrected chi connectivity index (χ2v) is 6.95. The molecule has 0 aromatic carbocycles. The zero-order valence-electron chi connectivity index (χ0n) is 13.6. The van der Waals surface area contributed by atoms with Crippen LogP contribution in [0.2, 0.25) is 0 Å². The van der Waals surface area contributed by atoms with Gasteiger partial charge in [0.15, 0.2) is 5.65 Å². The van der Waals surface area contributed by atoms with Crippen LogP contribution in [0.1, 0.15) is 19.3 Å². The lowest BCUT2D eigenvalue weighted by molar-refractivity contribution is 0.494. The van der Waals surface area contributed by atoms with Crippen LogP contribution in [-0.2, 0) is 0 Å². The van der Waals surface area contributed by atoms with E-state index >= 15 is 0 Å². The van der Waals surface area contributed by atoms with Crippen LogP contribution in [0.3, 0.4) is 0 Å². The standard InChI is InChI=1S/C17H18N6O2/c24-16-12(7-19-17(25)20-16)13-6-14(15-18-4-5-23(15)21-13)22-8-10-2-1-3-11(10)9-22/h4-7,10-11H,1-3,8-9H2,(H2,19,20,24,25). The molecular weight excluding hydrogens is 320 g/mol. The number of H-pyrrole nitrogens is 2. The fourth-order valence-corrected chi connectivity index (χ4v) is 4.30. The molecule has 3 aromatic rings. The largest absolute Gasteiger partial charge is 0.368 e. The summed E-state index contributed by atoms with van der Waals surface area (Å²) in [7, 11) is 0. The maximum absolute atomic E-state index is 12.2. The number of hydrogen-bond donors (Lipinski definition) is 2. The van der Waals surface area contributed by atoms with Gasteiger partial charge in [0.25, 0.3) is 5.56 Å². The molecule has 0 radical (unpaired) electrons. The van der Waals surface area contributed by atoms with Gasteiger partial charge in [-0.25, -0.2) is 14.3 Å². The molecule has 1 saturated carbocycles. The molecule has 2 N–H and O–H groups in total. The van der Waals surface area contributed by atoms with Gasteiger partial charge in [-0.1, -0.05) is 6.42 Å². The molecule has 0 amide bonds. The highest BCUT2D eigenvalue weighted by Crippen LogP contribution is 2.40. The van der Waals surface area contributed by atoms with Crippen molar-refractivity contribution in [2.45, 2.75) is 19.3 Å². The number of aromatic amines is 2. The fourth-order valence-electron chi connectivity index (χ4n) is 4.30. The Bertz CT molecular complexity index is 1050. The first-order valence-corrected chi connectivity index (χ1v) is 8.61. The highest BCUT2D eigenvalue weighted by molar-refractivity contribution is 5.74. The van der Waals surface area contributed by atoms with Crippen LogP contribution in [0, 0.1) is 11.8 Å². The van der Waals surface area contributed by atoms with Gasteiger partial charge in [-0.2, -0.15) is 5.10 Å². The van der Waals surface area contributed by atoms with Crippen LogP contribution in [0.15, 0.2) is 34.2 Å². The number of nitrogens with one attached hydrogen (secondary N) is 2. The second-order valence-electron chi connectivity index (χ2n) is 6.95. The van der Waals surface area contributed by atoms with E-state index in [0.29, 0.717) is 11.3 Å². The van der Waals surface area contributed by atoms with Gasteiger partial charge in [-0.15, -0.1) is 0 Å². The molecule has 2 aliphatic rings. The van der Waals surface area contributed by atoms with Gasteiger partial charge in [0.2, 0.25) is 0 Å². The van der Waals surface area contributed by atoms with Crippen molar-refractivity contribution in [3.05, 3.63) is 45.5 Å².